The van der Waals surface area contributed by atoms with E-state index in [1.165, 1.54) is 5.56 Å². The maximum absolute atomic E-state index is 9.87. The van der Waals surface area contributed by atoms with Crippen molar-refractivity contribution < 1.29 is 14.3 Å². The number of rotatable bonds is 7. The molecule has 23 heavy (non-hydrogen) atoms. The van der Waals surface area contributed by atoms with Gasteiger partial charge < -0.3 is 14.3 Å². The summed E-state index contributed by atoms with van der Waals surface area (Å²) in [4.78, 5) is 0. The molecule has 1 rings (SSSR count). The largest absolute Gasteiger partial charge is 0.416 e. The minimum absolute atomic E-state index is 0.0649. The summed E-state index contributed by atoms with van der Waals surface area (Å²) in [5, 5.41) is 10.1. The fourth-order valence-corrected chi connectivity index (χ4v) is 3.17. The molecule has 1 aromatic rings. The molecule has 1 unspecified atom stereocenters. The molecule has 1 N–H and O–H groups in total. The monoisotopic (exact) mass is 338 g/mol. The van der Waals surface area contributed by atoms with Crippen molar-refractivity contribution in [3.05, 3.63) is 35.4 Å². The van der Waals surface area contributed by atoms with Crippen molar-refractivity contribution in [2.45, 2.75) is 71.4 Å². The first kappa shape index (κ1) is 20.4. The Hall–Kier alpha value is -0.683. The summed E-state index contributed by atoms with van der Waals surface area (Å²) in [6, 6.07) is 7.99. The zero-order chi connectivity index (χ0) is 17.9. The van der Waals surface area contributed by atoms with Crippen LogP contribution < -0.4 is 0 Å². The Morgan fingerprint density at radius 1 is 1.04 bits per heavy atom. The minimum Gasteiger partial charge on any atom is -0.416 e. The van der Waals surface area contributed by atoms with Crippen LogP contribution in [0.4, 0.5) is 0 Å². The molecule has 0 radical (unpaired) electrons. The van der Waals surface area contributed by atoms with Gasteiger partial charge in [0, 0.05) is 24.2 Å². The lowest BCUT2D eigenvalue weighted by Gasteiger charge is -2.39. The summed E-state index contributed by atoms with van der Waals surface area (Å²) in [6.07, 6.45) is -0.847. The molecule has 0 aliphatic carbocycles. The van der Waals surface area contributed by atoms with Crippen LogP contribution >= 0.6 is 0 Å². The Bertz CT molecular complexity index is 486. The number of benzene rings is 1. The summed E-state index contributed by atoms with van der Waals surface area (Å²) >= 11 is 0. The van der Waals surface area contributed by atoms with Crippen LogP contribution in [0.15, 0.2) is 24.3 Å². The van der Waals surface area contributed by atoms with Gasteiger partial charge in [0.1, 0.15) is 0 Å². The average molecular weight is 339 g/mol. The van der Waals surface area contributed by atoms with Crippen molar-refractivity contribution in [1.29, 1.82) is 0 Å². The van der Waals surface area contributed by atoms with Crippen molar-refractivity contribution in [1.82, 2.24) is 0 Å². The van der Waals surface area contributed by atoms with Crippen molar-refractivity contribution in [2.75, 3.05) is 13.2 Å². The van der Waals surface area contributed by atoms with E-state index in [9.17, 15) is 5.11 Å². The van der Waals surface area contributed by atoms with Gasteiger partial charge in [-0.3, -0.25) is 0 Å². The van der Waals surface area contributed by atoms with Gasteiger partial charge in [-0.15, -0.1) is 0 Å². The van der Waals surface area contributed by atoms with Gasteiger partial charge in [-0.2, -0.15) is 0 Å². The summed E-state index contributed by atoms with van der Waals surface area (Å²) in [5.74, 6) is 0. The van der Waals surface area contributed by atoms with E-state index >= 15 is 0 Å². The topological polar surface area (TPSA) is 38.7 Å². The van der Waals surface area contributed by atoms with Gasteiger partial charge >= 0.3 is 0 Å². The molecule has 3 nitrogen and oxygen atoms in total. The summed E-state index contributed by atoms with van der Waals surface area (Å²) in [5.41, 5.74) is 1.94. The highest BCUT2D eigenvalue weighted by Crippen LogP contribution is 2.38. The Morgan fingerprint density at radius 3 is 2.00 bits per heavy atom. The van der Waals surface area contributed by atoms with E-state index in [1.54, 1.807) is 0 Å². The molecular formula is C19H34O3Si. The highest BCUT2D eigenvalue weighted by atomic mass is 28.4. The lowest BCUT2D eigenvalue weighted by molar-refractivity contribution is -0.0979. The maximum Gasteiger partial charge on any atom is 0.192 e. The van der Waals surface area contributed by atoms with Gasteiger partial charge in [0.15, 0.2) is 14.6 Å². The van der Waals surface area contributed by atoms with E-state index in [1.807, 2.05) is 19.1 Å². The third kappa shape index (κ3) is 5.42. The standard InChI is InChI=1S/C19H34O3Si/c1-9-21-17(20)15-10-12-16(13-11-15)19(5,6)14-22-23(7,8)18(2,3)4/h10-13,17,20H,9,14H2,1-8H3. The zero-order valence-corrected chi connectivity index (χ0v) is 17.1. The van der Waals surface area contributed by atoms with Crippen LogP contribution in [-0.2, 0) is 14.6 Å². The van der Waals surface area contributed by atoms with Crippen molar-refractivity contribution >= 4 is 8.32 Å². The Labute approximate surface area is 143 Å². The minimum atomic E-state index is -1.75. The molecule has 0 heterocycles. The first-order valence-electron chi connectivity index (χ1n) is 8.45. The smallest absolute Gasteiger partial charge is 0.192 e. The van der Waals surface area contributed by atoms with E-state index in [2.05, 4.69) is 59.8 Å². The van der Waals surface area contributed by atoms with Gasteiger partial charge in [0.05, 0.1) is 0 Å². The van der Waals surface area contributed by atoms with Gasteiger partial charge in [0.2, 0.25) is 0 Å². The van der Waals surface area contributed by atoms with Crippen LogP contribution in [0.1, 0.15) is 59.0 Å². The van der Waals surface area contributed by atoms with Crippen LogP contribution in [0.2, 0.25) is 18.1 Å². The fourth-order valence-electron chi connectivity index (χ4n) is 2.01. The molecule has 1 atom stereocenters. The lowest BCUT2D eigenvalue weighted by atomic mass is 9.85. The molecule has 0 fully saturated rings. The normalized spacial score (nSPS) is 14.8. The van der Waals surface area contributed by atoms with Crippen LogP contribution in [0.25, 0.3) is 0 Å². The highest BCUT2D eigenvalue weighted by Gasteiger charge is 2.38. The predicted octanol–water partition coefficient (Wildman–Crippen LogP) is 5.01. The van der Waals surface area contributed by atoms with E-state index in [0.717, 1.165) is 5.56 Å². The third-order valence-electron chi connectivity index (χ3n) is 4.90. The first-order valence-corrected chi connectivity index (χ1v) is 11.4. The van der Waals surface area contributed by atoms with Crippen LogP contribution in [0.5, 0.6) is 0 Å². The van der Waals surface area contributed by atoms with E-state index in [-0.39, 0.29) is 10.5 Å². The first-order chi connectivity index (χ1) is 10.4. The molecule has 0 aliphatic rings. The SMILES string of the molecule is CCOC(O)c1ccc(C(C)(C)CO[Si](C)(C)C(C)(C)C)cc1. The quantitative estimate of drug-likeness (QED) is 0.561. The van der Waals surface area contributed by atoms with Crippen LogP contribution in [0, 0.1) is 0 Å². The molecule has 1 aromatic carbocycles. The zero-order valence-electron chi connectivity index (χ0n) is 16.1. The number of hydrogen-bond donors (Lipinski definition) is 1. The van der Waals surface area contributed by atoms with E-state index in [4.69, 9.17) is 9.16 Å². The molecule has 0 aliphatic heterocycles. The van der Waals surface area contributed by atoms with Gasteiger partial charge in [-0.05, 0) is 30.6 Å². The molecule has 0 bridgehead atoms. The Morgan fingerprint density at radius 2 is 1.57 bits per heavy atom. The van der Waals surface area contributed by atoms with Crippen molar-refractivity contribution in [2.24, 2.45) is 0 Å². The van der Waals surface area contributed by atoms with Crippen molar-refractivity contribution in [3.8, 4) is 0 Å². The number of aliphatic hydroxyl groups excluding tert-OH is 1. The molecule has 0 amide bonds. The molecular weight excluding hydrogens is 304 g/mol. The predicted molar refractivity (Wildman–Crippen MR) is 99.2 cm³/mol. The number of hydrogen-bond acceptors (Lipinski definition) is 3. The summed E-state index contributed by atoms with van der Waals surface area (Å²) in [6.45, 7) is 18.8. The molecule has 0 saturated carbocycles. The van der Waals surface area contributed by atoms with E-state index < -0.39 is 14.6 Å². The summed E-state index contributed by atoms with van der Waals surface area (Å²) in [7, 11) is -1.75. The Kier molecular flexibility index (Phi) is 6.61. The molecule has 4 heteroatoms. The molecule has 0 aromatic heterocycles. The second-order valence-electron chi connectivity index (χ2n) is 8.36. The van der Waals surface area contributed by atoms with Crippen molar-refractivity contribution in [3.63, 3.8) is 0 Å². The van der Waals surface area contributed by atoms with E-state index in [0.29, 0.717) is 13.2 Å². The second kappa shape index (κ2) is 7.47. The second-order valence-corrected chi connectivity index (χ2v) is 13.2. The van der Waals surface area contributed by atoms with Gasteiger partial charge in [0.25, 0.3) is 0 Å². The average Bonchev–Trinajstić information content (AvgIpc) is 2.45. The molecule has 0 spiro atoms. The third-order valence-corrected chi connectivity index (χ3v) is 9.38. The lowest BCUT2D eigenvalue weighted by Crippen LogP contribution is -2.43. The molecule has 132 valence electrons. The number of ether oxygens (including phenoxy) is 1. The summed E-state index contributed by atoms with van der Waals surface area (Å²) < 4.78 is 11.6. The van der Waals surface area contributed by atoms with Gasteiger partial charge in [-0.25, -0.2) is 0 Å². The van der Waals surface area contributed by atoms with Crippen LogP contribution in [0.3, 0.4) is 0 Å². The highest BCUT2D eigenvalue weighted by molar-refractivity contribution is 6.74. The fraction of sp³-hybridized carbons (Fsp3) is 0.684. The maximum atomic E-state index is 9.87. The van der Waals surface area contributed by atoms with Crippen LogP contribution in [-0.4, -0.2) is 26.6 Å². The van der Waals surface area contributed by atoms with Gasteiger partial charge in [-0.1, -0.05) is 58.9 Å². The number of aliphatic hydroxyl groups is 1. The Balaban J connectivity index is 2.80. The molecule has 0 saturated heterocycles.